The van der Waals surface area contributed by atoms with Gasteiger partial charge in [0.2, 0.25) is 0 Å². The van der Waals surface area contributed by atoms with Gasteiger partial charge >= 0.3 is 0 Å². The number of Topliss-reactive ketones (excluding diaryl/α,β-unsaturated/α-hetero) is 1. The molecule has 0 aliphatic rings. The van der Waals surface area contributed by atoms with E-state index >= 15 is 0 Å². The van der Waals surface area contributed by atoms with E-state index in [0.29, 0.717) is 0 Å². The van der Waals surface area contributed by atoms with E-state index < -0.39 is 5.60 Å². The standard InChI is InChI=1S/C5H7ClO.C3H5ClO.C2H2/c1-3-5(2,7)4-6;1-3(5)2-4;1-2/h1,7H,4H2,2H3;2H2,1H3;1-2H. The van der Waals surface area contributed by atoms with Crippen LogP contribution in [-0.2, 0) is 4.79 Å². The first kappa shape index (κ1) is 19.0. The minimum atomic E-state index is -1.12. The molecule has 1 N–H and O–H groups in total. The Labute approximate surface area is 95.6 Å². The van der Waals surface area contributed by atoms with Crippen LogP contribution >= 0.6 is 23.2 Å². The zero-order valence-electron chi connectivity index (χ0n) is 8.26. The summed E-state index contributed by atoms with van der Waals surface area (Å²) in [6.45, 7) is 2.94. The van der Waals surface area contributed by atoms with Gasteiger partial charge in [-0.3, -0.25) is 4.79 Å². The van der Waals surface area contributed by atoms with Gasteiger partial charge in [0.15, 0.2) is 0 Å². The number of hydrogen-bond donors (Lipinski definition) is 1. The third kappa shape index (κ3) is 22.5. The van der Waals surface area contributed by atoms with Crippen LogP contribution in [0.5, 0.6) is 0 Å². The Bertz CT molecular complexity index is 202. The van der Waals surface area contributed by atoms with E-state index in [1.807, 2.05) is 0 Å². The molecule has 1 unspecified atom stereocenters. The van der Waals surface area contributed by atoms with Crippen LogP contribution in [0.3, 0.4) is 0 Å². The molecule has 0 fully saturated rings. The van der Waals surface area contributed by atoms with Crippen LogP contribution in [0.25, 0.3) is 0 Å². The van der Waals surface area contributed by atoms with Crippen molar-refractivity contribution < 1.29 is 9.90 Å². The Morgan fingerprint density at radius 3 is 1.79 bits per heavy atom. The SMILES string of the molecule is C#C.C#CC(C)(O)CCl.CC(=O)CCl. The summed E-state index contributed by atoms with van der Waals surface area (Å²) in [5.74, 6) is 2.36. The van der Waals surface area contributed by atoms with Crippen molar-refractivity contribution >= 4 is 29.0 Å². The molecule has 0 amide bonds. The van der Waals surface area contributed by atoms with E-state index in [4.69, 9.17) is 34.7 Å². The summed E-state index contributed by atoms with van der Waals surface area (Å²) in [5, 5.41) is 8.76. The number of hydrogen-bond acceptors (Lipinski definition) is 2. The highest BCUT2D eigenvalue weighted by molar-refractivity contribution is 6.27. The maximum Gasteiger partial charge on any atom is 0.144 e. The highest BCUT2D eigenvalue weighted by Crippen LogP contribution is 2.01. The van der Waals surface area contributed by atoms with Crippen LogP contribution in [0, 0.1) is 25.2 Å². The summed E-state index contributed by atoms with van der Waals surface area (Å²) in [7, 11) is 0. The second-order valence-electron chi connectivity index (χ2n) is 2.39. The molecule has 80 valence electrons. The fourth-order valence-electron chi connectivity index (χ4n) is 0.0386. The van der Waals surface area contributed by atoms with Gasteiger partial charge in [-0.25, -0.2) is 0 Å². The largest absolute Gasteiger partial charge is 0.377 e. The Hall–Kier alpha value is -0.670. The fraction of sp³-hybridized carbons (Fsp3) is 0.500. The topological polar surface area (TPSA) is 37.3 Å². The highest BCUT2D eigenvalue weighted by atomic mass is 35.5. The zero-order valence-corrected chi connectivity index (χ0v) is 9.77. The number of aliphatic hydroxyl groups is 1. The number of halogens is 2. The predicted molar refractivity (Wildman–Crippen MR) is 61.5 cm³/mol. The molecule has 0 aliphatic carbocycles. The van der Waals surface area contributed by atoms with Gasteiger partial charge in [-0.05, 0) is 13.8 Å². The Morgan fingerprint density at radius 2 is 1.79 bits per heavy atom. The first-order valence-corrected chi connectivity index (χ1v) is 4.61. The third-order valence-corrected chi connectivity index (χ3v) is 1.66. The molecular weight excluding hydrogens is 223 g/mol. The monoisotopic (exact) mass is 236 g/mol. The van der Waals surface area contributed by atoms with Gasteiger partial charge in [0, 0.05) is 0 Å². The number of alkyl halides is 2. The highest BCUT2D eigenvalue weighted by Gasteiger charge is 2.12. The van der Waals surface area contributed by atoms with Crippen LogP contribution in [-0.4, -0.2) is 28.3 Å². The Kier molecular flexibility index (Phi) is 16.7. The first-order valence-electron chi connectivity index (χ1n) is 3.54. The van der Waals surface area contributed by atoms with E-state index in [0.717, 1.165) is 0 Å². The number of ketones is 1. The molecule has 0 radical (unpaired) electrons. The summed E-state index contributed by atoms with van der Waals surface area (Å²) < 4.78 is 0. The summed E-state index contributed by atoms with van der Waals surface area (Å²) in [6, 6.07) is 0. The van der Waals surface area contributed by atoms with E-state index in [1.165, 1.54) is 13.8 Å². The quantitative estimate of drug-likeness (QED) is 0.586. The van der Waals surface area contributed by atoms with Crippen LogP contribution in [0.4, 0.5) is 0 Å². The van der Waals surface area contributed by atoms with Crippen molar-refractivity contribution in [3.8, 4) is 25.2 Å². The summed E-state index contributed by atoms with van der Waals surface area (Å²) in [5.41, 5.74) is -1.12. The molecular formula is C10H14Cl2O2. The molecule has 0 heterocycles. The number of carbonyl (C=O) groups excluding carboxylic acids is 1. The summed E-state index contributed by atoms with van der Waals surface area (Å²) in [4.78, 5) is 9.68. The van der Waals surface area contributed by atoms with E-state index in [1.54, 1.807) is 0 Å². The van der Waals surface area contributed by atoms with Crippen molar-refractivity contribution in [1.82, 2.24) is 0 Å². The van der Waals surface area contributed by atoms with Crippen molar-refractivity contribution in [1.29, 1.82) is 0 Å². The zero-order chi connectivity index (χ0) is 12.2. The van der Waals surface area contributed by atoms with Crippen molar-refractivity contribution in [3.63, 3.8) is 0 Å². The van der Waals surface area contributed by atoms with Gasteiger partial charge in [-0.2, -0.15) is 0 Å². The Morgan fingerprint density at radius 1 is 1.50 bits per heavy atom. The molecule has 0 aromatic rings. The smallest absolute Gasteiger partial charge is 0.144 e. The van der Waals surface area contributed by atoms with E-state index in [2.05, 4.69) is 18.8 Å². The molecule has 0 aliphatic heterocycles. The average molecular weight is 237 g/mol. The van der Waals surface area contributed by atoms with Crippen molar-refractivity contribution in [2.45, 2.75) is 19.4 Å². The minimum Gasteiger partial charge on any atom is -0.377 e. The van der Waals surface area contributed by atoms with Gasteiger partial charge in [-0.1, -0.05) is 5.92 Å². The number of terminal acetylenes is 2. The maximum atomic E-state index is 9.68. The van der Waals surface area contributed by atoms with Crippen molar-refractivity contribution in [2.24, 2.45) is 0 Å². The maximum absolute atomic E-state index is 9.68. The second kappa shape index (κ2) is 12.3. The molecule has 14 heavy (non-hydrogen) atoms. The molecule has 0 spiro atoms. The van der Waals surface area contributed by atoms with Gasteiger partial charge in [0.05, 0.1) is 11.8 Å². The van der Waals surface area contributed by atoms with E-state index in [9.17, 15) is 4.79 Å². The molecule has 4 heteroatoms. The van der Waals surface area contributed by atoms with Gasteiger partial charge in [-0.15, -0.1) is 42.5 Å². The molecule has 0 rings (SSSR count). The van der Waals surface area contributed by atoms with Crippen LogP contribution < -0.4 is 0 Å². The van der Waals surface area contributed by atoms with Gasteiger partial charge < -0.3 is 5.11 Å². The van der Waals surface area contributed by atoms with Gasteiger partial charge in [0.1, 0.15) is 11.4 Å². The van der Waals surface area contributed by atoms with E-state index in [-0.39, 0.29) is 17.5 Å². The number of carbonyl (C=O) groups is 1. The lowest BCUT2D eigenvalue weighted by atomic mass is 10.2. The molecule has 0 saturated heterocycles. The summed E-state index contributed by atoms with van der Waals surface area (Å²) in [6.07, 6.45) is 12.8. The lowest BCUT2D eigenvalue weighted by molar-refractivity contribution is -0.114. The average Bonchev–Trinajstić information content (AvgIpc) is 2.21. The molecule has 1 atom stereocenters. The van der Waals surface area contributed by atoms with Crippen LogP contribution in [0.15, 0.2) is 0 Å². The number of rotatable bonds is 2. The lowest BCUT2D eigenvalue weighted by Gasteiger charge is -2.08. The second-order valence-corrected chi connectivity index (χ2v) is 2.92. The van der Waals surface area contributed by atoms with Crippen LogP contribution in [0.2, 0.25) is 0 Å². The molecule has 0 bridgehead atoms. The first-order chi connectivity index (χ1) is 6.39. The minimum absolute atomic E-state index is 0.0201. The summed E-state index contributed by atoms with van der Waals surface area (Å²) >= 11 is 10.2. The van der Waals surface area contributed by atoms with Crippen molar-refractivity contribution in [2.75, 3.05) is 11.8 Å². The van der Waals surface area contributed by atoms with Crippen molar-refractivity contribution in [3.05, 3.63) is 0 Å². The van der Waals surface area contributed by atoms with Crippen LogP contribution in [0.1, 0.15) is 13.8 Å². The molecule has 0 aromatic heterocycles. The molecule has 2 nitrogen and oxygen atoms in total. The molecule has 0 aromatic carbocycles. The van der Waals surface area contributed by atoms with Gasteiger partial charge in [0.25, 0.3) is 0 Å². The fourth-order valence-corrected chi connectivity index (χ4v) is 0.116. The Balaban J connectivity index is -0.000000152. The normalized spacial score (nSPS) is 11.6. The third-order valence-electron chi connectivity index (χ3n) is 0.759. The lowest BCUT2D eigenvalue weighted by Crippen LogP contribution is -2.22. The molecule has 0 saturated carbocycles. The predicted octanol–water partition coefficient (Wildman–Crippen LogP) is 1.67.